The van der Waals surface area contributed by atoms with Crippen molar-refractivity contribution in [1.82, 2.24) is 5.01 Å². The third kappa shape index (κ3) is 3.91. The number of nitrogens with one attached hydrogen (secondary N) is 1. The molecule has 0 bridgehead atoms. The van der Waals surface area contributed by atoms with Crippen molar-refractivity contribution in [2.75, 3.05) is 30.5 Å². The lowest BCUT2D eigenvalue weighted by atomic mass is 10.1. The van der Waals surface area contributed by atoms with Gasteiger partial charge in [0.15, 0.2) is 12.1 Å². The summed E-state index contributed by atoms with van der Waals surface area (Å²) in [4.78, 5) is 39.3. The molecule has 0 aromatic heterocycles. The summed E-state index contributed by atoms with van der Waals surface area (Å²) in [6.45, 7) is 2.16. The molecule has 0 unspecified atom stereocenters. The van der Waals surface area contributed by atoms with Crippen LogP contribution in [-0.4, -0.2) is 55.1 Å². The average molecular weight is 423 g/mol. The molecule has 160 valence electrons. The molecule has 1 fully saturated rings. The number of nitrogens with zero attached hydrogens (tertiary/aromatic N) is 4. The lowest BCUT2D eigenvalue weighted by Gasteiger charge is -2.20. The molecule has 0 aliphatic carbocycles. The lowest BCUT2D eigenvalue weighted by molar-refractivity contribution is -0.123. The van der Waals surface area contributed by atoms with Gasteiger partial charge in [-0.15, -0.1) is 0 Å². The van der Waals surface area contributed by atoms with Gasteiger partial charge in [-0.1, -0.05) is 11.3 Å². The smallest absolute Gasteiger partial charge is 0.263 e. The second-order valence-electron chi connectivity index (χ2n) is 6.91. The summed E-state index contributed by atoms with van der Waals surface area (Å²) in [6, 6.07) is 11.6. The van der Waals surface area contributed by atoms with Crippen LogP contribution in [0.3, 0.4) is 0 Å². The van der Waals surface area contributed by atoms with E-state index in [9.17, 15) is 14.4 Å². The zero-order valence-electron chi connectivity index (χ0n) is 17.0. The van der Waals surface area contributed by atoms with Crippen LogP contribution in [0.1, 0.15) is 6.92 Å². The Kier molecular flexibility index (Phi) is 5.52. The van der Waals surface area contributed by atoms with E-state index < -0.39 is 29.8 Å². The average Bonchev–Trinajstić information content (AvgIpc) is 3.28. The number of hydrogen-bond donors (Lipinski definition) is 1. The van der Waals surface area contributed by atoms with Crippen LogP contribution in [0.2, 0.25) is 0 Å². The number of hydrogen-bond acceptors (Lipinski definition) is 8. The van der Waals surface area contributed by atoms with E-state index in [1.165, 1.54) is 12.1 Å². The Hall–Kier alpha value is -3.95. The van der Waals surface area contributed by atoms with Gasteiger partial charge in [0.05, 0.1) is 19.4 Å². The SMILES string of the molecule is CCOc1ccc(N2C(=O)[C@H]3N=NN(CC(=O)Nc4cccc(OC)c4)[C@@H]3C2=O)cc1. The molecule has 0 spiro atoms. The molecule has 4 rings (SSSR count). The minimum absolute atomic E-state index is 0.224. The Morgan fingerprint density at radius 1 is 1.10 bits per heavy atom. The van der Waals surface area contributed by atoms with Crippen molar-refractivity contribution < 1.29 is 23.9 Å². The van der Waals surface area contributed by atoms with Crippen LogP contribution < -0.4 is 19.7 Å². The molecule has 2 aromatic rings. The number of rotatable bonds is 7. The Morgan fingerprint density at radius 2 is 1.87 bits per heavy atom. The molecule has 2 aliphatic heterocycles. The first-order chi connectivity index (χ1) is 15.0. The highest BCUT2D eigenvalue weighted by Crippen LogP contribution is 2.32. The summed E-state index contributed by atoms with van der Waals surface area (Å²) < 4.78 is 10.5. The lowest BCUT2D eigenvalue weighted by Crippen LogP contribution is -2.43. The van der Waals surface area contributed by atoms with Crippen LogP contribution in [0.4, 0.5) is 11.4 Å². The maximum absolute atomic E-state index is 13.0. The minimum Gasteiger partial charge on any atom is -0.497 e. The van der Waals surface area contributed by atoms with Gasteiger partial charge < -0.3 is 14.8 Å². The van der Waals surface area contributed by atoms with Gasteiger partial charge in [0.1, 0.15) is 18.0 Å². The number of ether oxygens (including phenoxy) is 2. The number of amides is 3. The fourth-order valence-electron chi connectivity index (χ4n) is 3.51. The summed E-state index contributed by atoms with van der Waals surface area (Å²) in [5, 5.41) is 11.8. The molecular formula is C21H21N5O5. The van der Waals surface area contributed by atoms with Gasteiger partial charge in [-0.25, -0.2) is 4.90 Å². The van der Waals surface area contributed by atoms with Gasteiger partial charge in [0.2, 0.25) is 5.91 Å². The Labute approximate surface area is 178 Å². The molecule has 10 nitrogen and oxygen atoms in total. The first-order valence-electron chi connectivity index (χ1n) is 9.74. The standard InChI is InChI=1S/C21H21N5O5/c1-3-31-15-9-7-14(8-10-15)26-20(28)18-19(21(26)29)25(24-23-18)12-17(27)22-13-5-4-6-16(11-13)30-2/h4-11,18-19H,3,12H2,1-2H3,(H,22,27)/t18-,19-/m0/s1. The summed E-state index contributed by atoms with van der Waals surface area (Å²) >= 11 is 0. The third-order valence-electron chi connectivity index (χ3n) is 4.92. The Bertz CT molecular complexity index is 1040. The maximum atomic E-state index is 13.0. The number of imide groups is 1. The van der Waals surface area contributed by atoms with Crippen molar-refractivity contribution in [2.24, 2.45) is 10.3 Å². The molecule has 1 N–H and O–H groups in total. The number of carbonyl (C=O) groups excluding carboxylic acids is 3. The van der Waals surface area contributed by atoms with E-state index in [1.807, 2.05) is 6.92 Å². The van der Waals surface area contributed by atoms with Gasteiger partial charge in [0.25, 0.3) is 11.8 Å². The first kappa shape index (κ1) is 20.3. The molecule has 2 atom stereocenters. The zero-order valence-corrected chi connectivity index (χ0v) is 17.0. The molecule has 0 radical (unpaired) electrons. The van der Waals surface area contributed by atoms with Crippen LogP contribution in [0.25, 0.3) is 0 Å². The van der Waals surface area contributed by atoms with Crippen molar-refractivity contribution in [1.29, 1.82) is 0 Å². The first-order valence-corrected chi connectivity index (χ1v) is 9.74. The van der Waals surface area contributed by atoms with Crippen molar-refractivity contribution in [3.63, 3.8) is 0 Å². The molecular weight excluding hydrogens is 402 g/mol. The van der Waals surface area contributed by atoms with Gasteiger partial charge in [-0.05, 0) is 43.3 Å². The maximum Gasteiger partial charge on any atom is 0.263 e. The fraction of sp³-hybridized carbons (Fsp3) is 0.286. The van der Waals surface area contributed by atoms with Crippen molar-refractivity contribution in [3.05, 3.63) is 48.5 Å². The quantitative estimate of drug-likeness (QED) is 0.682. The van der Waals surface area contributed by atoms with Gasteiger partial charge in [0, 0.05) is 11.8 Å². The highest BCUT2D eigenvalue weighted by Gasteiger charge is 2.55. The van der Waals surface area contributed by atoms with E-state index in [-0.39, 0.29) is 6.54 Å². The molecule has 2 heterocycles. The molecule has 0 saturated carbocycles. The normalized spacial score (nSPS) is 19.5. The number of benzene rings is 2. The van der Waals surface area contributed by atoms with Gasteiger partial charge >= 0.3 is 0 Å². The van der Waals surface area contributed by atoms with Crippen LogP contribution >= 0.6 is 0 Å². The molecule has 3 amide bonds. The van der Waals surface area contributed by atoms with E-state index in [1.54, 1.807) is 48.5 Å². The van der Waals surface area contributed by atoms with E-state index in [2.05, 4.69) is 15.7 Å². The molecule has 1 saturated heterocycles. The van der Waals surface area contributed by atoms with Crippen LogP contribution in [0.15, 0.2) is 58.9 Å². The predicted molar refractivity (Wildman–Crippen MR) is 111 cm³/mol. The summed E-state index contributed by atoms with van der Waals surface area (Å²) in [6.07, 6.45) is 0. The van der Waals surface area contributed by atoms with Crippen molar-refractivity contribution in [3.8, 4) is 11.5 Å². The highest BCUT2D eigenvalue weighted by atomic mass is 16.5. The third-order valence-corrected chi connectivity index (χ3v) is 4.92. The highest BCUT2D eigenvalue weighted by molar-refractivity contribution is 6.25. The van der Waals surface area contributed by atoms with Crippen molar-refractivity contribution >= 4 is 29.1 Å². The number of anilines is 2. The summed E-state index contributed by atoms with van der Waals surface area (Å²) in [5.41, 5.74) is 0.964. The second-order valence-corrected chi connectivity index (χ2v) is 6.91. The Balaban J connectivity index is 1.45. The zero-order chi connectivity index (χ0) is 22.0. The number of methoxy groups -OCH3 is 1. The molecule has 10 heteroatoms. The van der Waals surface area contributed by atoms with Gasteiger partial charge in [-0.2, -0.15) is 5.11 Å². The second kappa shape index (κ2) is 8.42. The van der Waals surface area contributed by atoms with Crippen molar-refractivity contribution in [2.45, 2.75) is 19.0 Å². The molecule has 2 aliphatic rings. The van der Waals surface area contributed by atoms with E-state index >= 15 is 0 Å². The largest absolute Gasteiger partial charge is 0.497 e. The van der Waals surface area contributed by atoms with E-state index in [0.29, 0.717) is 29.5 Å². The van der Waals surface area contributed by atoms with E-state index in [0.717, 1.165) is 4.90 Å². The number of carbonyl (C=O) groups is 3. The fourth-order valence-corrected chi connectivity index (χ4v) is 3.51. The van der Waals surface area contributed by atoms with E-state index in [4.69, 9.17) is 9.47 Å². The summed E-state index contributed by atoms with van der Waals surface area (Å²) in [7, 11) is 1.53. The number of fused-ring (bicyclic) bond motifs is 1. The molecule has 2 aromatic carbocycles. The monoisotopic (exact) mass is 423 g/mol. The topological polar surface area (TPSA) is 113 Å². The van der Waals surface area contributed by atoms with Crippen LogP contribution in [0, 0.1) is 0 Å². The van der Waals surface area contributed by atoms with Gasteiger partial charge in [-0.3, -0.25) is 19.4 Å². The summed E-state index contributed by atoms with van der Waals surface area (Å²) in [5.74, 6) is -0.105. The minimum atomic E-state index is -0.969. The van der Waals surface area contributed by atoms with Crippen LogP contribution in [0.5, 0.6) is 11.5 Å². The molecule has 31 heavy (non-hydrogen) atoms. The predicted octanol–water partition coefficient (Wildman–Crippen LogP) is 2.03. The Morgan fingerprint density at radius 3 is 2.58 bits per heavy atom. The van der Waals surface area contributed by atoms with Crippen LogP contribution in [-0.2, 0) is 14.4 Å².